The second kappa shape index (κ2) is 8.39. The molecule has 1 fully saturated rings. The molecule has 1 aliphatic carbocycles. The van der Waals surface area contributed by atoms with E-state index in [4.69, 9.17) is 0 Å². The molecular weight excluding hydrogens is 236 g/mol. The van der Waals surface area contributed by atoms with Gasteiger partial charge in [0.15, 0.2) is 0 Å². The zero-order chi connectivity index (χ0) is 14.3. The minimum absolute atomic E-state index is 0.296. The zero-order valence-electron chi connectivity index (χ0n) is 12.9. The van der Waals surface area contributed by atoms with Gasteiger partial charge in [-0.15, -0.1) is 0 Å². The molecule has 0 amide bonds. The van der Waals surface area contributed by atoms with E-state index in [9.17, 15) is 9.90 Å². The van der Waals surface area contributed by atoms with Crippen molar-refractivity contribution in [3.63, 3.8) is 0 Å². The van der Waals surface area contributed by atoms with E-state index >= 15 is 0 Å². The first-order chi connectivity index (χ1) is 9.02. The average molecular weight is 266 g/mol. The van der Waals surface area contributed by atoms with Gasteiger partial charge < -0.3 is 5.11 Å². The van der Waals surface area contributed by atoms with Crippen LogP contribution in [0, 0.1) is 11.8 Å². The van der Waals surface area contributed by atoms with Crippen molar-refractivity contribution in [2.24, 2.45) is 11.8 Å². The van der Waals surface area contributed by atoms with Crippen LogP contribution in [0.5, 0.6) is 0 Å². The average Bonchev–Trinajstić information content (AvgIpc) is 2.28. The lowest BCUT2D eigenvalue weighted by molar-refractivity contribution is -0.133. The van der Waals surface area contributed by atoms with Crippen LogP contribution in [-0.2, 0) is 4.79 Å². The summed E-state index contributed by atoms with van der Waals surface area (Å²) in [5.74, 6) is 0.263. The van der Waals surface area contributed by atoms with Gasteiger partial charge in [0.1, 0.15) is 0 Å². The molecular formula is C17H30O2. The fraction of sp³-hybridized carbons (Fsp3) is 0.824. The smallest absolute Gasteiger partial charge is 0.331 e. The Hall–Kier alpha value is -0.790. The van der Waals surface area contributed by atoms with Gasteiger partial charge in [0, 0.05) is 5.57 Å². The molecule has 0 spiro atoms. The number of hydrogen-bond donors (Lipinski definition) is 1. The lowest BCUT2D eigenvalue weighted by Crippen LogP contribution is -2.16. The van der Waals surface area contributed by atoms with Crippen molar-refractivity contribution in [2.45, 2.75) is 78.6 Å². The fourth-order valence-electron chi connectivity index (χ4n) is 3.09. The molecule has 0 bridgehead atoms. The van der Waals surface area contributed by atoms with Gasteiger partial charge in [-0.3, -0.25) is 0 Å². The molecule has 2 heteroatoms. The Bertz CT molecular complexity index is 307. The Morgan fingerprint density at radius 1 is 1.11 bits per heavy atom. The van der Waals surface area contributed by atoms with Crippen molar-refractivity contribution in [3.8, 4) is 0 Å². The first-order valence-electron chi connectivity index (χ1n) is 7.95. The highest BCUT2D eigenvalue weighted by atomic mass is 16.4. The highest BCUT2D eigenvalue weighted by molar-refractivity contribution is 5.88. The van der Waals surface area contributed by atoms with Crippen LogP contribution in [0.1, 0.15) is 78.6 Å². The minimum atomic E-state index is -0.674. The maximum atomic E-state index is 11.6. The third kappa shape index (κ3) is 5.80. The monoisotopic (exact) mass is 266 g/mol. The van der Waals surface area contributed by atoms with Gasteiger partial charge in [0.25, 0.3) is 0 Å². The molecule has 0 aromatic rings. The van der Waals surface area contributed by atoms with E-state index in [-0.39, 0.29) is 0 Å². The zero-order valence-corrected chi connectivity index (χ0v) is 12.9. The molecule has 0 radical (unpaired) electrons. The Kier molecular flexibility index (Phi) is 7.19. The predicted molar refractivity (Wildman–Crippen MR) is 80.2 cm³/mol. The summed E-state index contributed by atoms with van der Waals surface area (Å²) >= 11 is 0. The van der Waals surface area contributed by atoms with E-state index in [2.05, 4.69) is 13.8 Å². The number of carbonyl (C=O) groups is 1. The minimum Gasteiger partial charge on any atom is -0.478 e. The highest BCUT2D eigenvalue weighted by Crippen LogP contribution is 2.31. The van der Waals surface area contributed by atoms with Crippen molar-refractivity contribution < 1.29 is 9.90 Å². The summed E-state index contributed by atoms with van der Waals surface area (Å²) in [6.07, 6.45) is 10.4. The standard InChI is InChI=1S/C17H30O2/c1-13(2)11-12-14(3)16(17(18)19)15-9-7-5-4-6-8-10-15/h13,15H,4-12H2,1-3H3,(H,18,19). The van der Waals surface area contributed by atoms with Crippen LogP contribution >= 0.6 is 0 Å². The van der Waals surface area contributed by atoms with Crippen LogP contribution in [-0.4, -0.2) is 11.1 Å². The van der Waals surface area contributed by atoms with E-state index in [1.165, 1.54) is 32.1 Å². The molecule has 19 heavy (non-hydrogen) atoms. The number of rotatable bonds is 5. The Morgan fingerprint density at radius 2 is 1.63 bits per heavy atom. The quantitative estimate of drug-likeness (QED) is 0.696. The predicted octanol–water partition coefficient (Wildman–Crippen LogP) is 5.18. The third-order valence-electron chi connectivity index (χ3n) is 4.30. The number of carboxylic acid groups (broad SMARTS) is 1. The van der Waals surface area contributed by atoms with Crippen molar-refractivity contribution in [1.82, 2.24) is 0 Å². The van der Waals surface area contributed by atoms with Gasteiger partial charge in [0.2, 0.25) is 0 Å². The van der Waals surface area contributed by atoms with Crippen LogP contribution in [0.25, 0.3) is 0 Å². The number of hydrogen-bond acceptors (Lipinski definition) is 1. The van der Waals surface area contributed by atoms with E-state index in [0.29, 0.717) is 11.8 Å². The molecule has 1 rings (SSSR count). The van der Waals surface area contributed by atoms with Gasteiger partial charge in [-0.25, -0.2) is 4.79 Å². The van der Waals surface area contributed by atoms with Crippen molar-refractivity contribution in [3.05, 3.63) is 11.1 Å². The topological polar surface area (TPSA) is 37.3 Å². The number of carboxylic acids is 1. The molecule has 1 aliphatic rings. The fourth-order valence-corrected chi connectivity index (χ4v) is 3.09. The Morgan fingerprint density at radius 3 is 2.11 bits per heavy atom. The normalized spacial score (nSPS) is 19.8. The lowest BCUT2D eigenvalue weighted by atomic mass is 9.82. The number of allylic oxidation sites excluding steroid dienone is 1. The SMILES string of the molecule is CC(CCC(C)C)=C(C(=O)O)C1CCCCCCC1. The molecule has 1 saturated carbocycles. The summed E-state index contributed by atoms with van der Waals surface area (Å²) in [7, 11) is 0. The largest absolute Gasteiger partial charge is 0.478 e. The molecule has 0 aromatic heterocycles. The van der Waals surface area contributed by atoms with Crippen LogP contribution < -0.4 is 0 Å². The summed E-state index contributed by atoms with van der Waals surface area (Å²) in [6, 6.07) is 0. The number of aliphatic carboxylic acids is 1. The molecule has 0 atom stereocenters. The first kappa shape index (κ1) is 16.3. The molecule has 0 heterocycles. The molecule has 0 aliphatic heterocycles. The lowest BCUT2D eigenvalue weighted by Gasteiger charge is -2.22. The van der Waals surface area contributed by atoms with Crippen molar-refractivity contribution >= 4 is 5.97 Å². The summed E-state index contributed by atoms with van der Waals surface area (Å²) in [4.78, 5) is 11.6. The molecule has 2 nitrogen and oxygen atoms in total. The highest BCUT2D eigenvalue weighted by Gasteiger charge is 2.23. The second-order valence-electron chi connectivity index (χ2n) is 6.47. The third-order valence-corrected chi connectivity index (χ3v) is 4.30. The summed E-state index contributed by atoms with van der Waals surface area (Å²) in [5, 5.41) is 9.57. The maximum Gasteiger partial charge on any atom is 0.331 e. The molecule has 110 valence electrons. The summed E-state index contributed by atoms with van der Waals surface area (Å²) < 4.78 is 0. The molecule has 1 N–H and O–H groups in total. The van der Waals surface area contributed by atoms with Gasteiger partial charge in [-0.05, 0) is 44.4 Å². The van der Waals surface area contributed by atoms with Gasteiger partial charge in [-0.1, -0.05) is 51.5 Å². The van der Waals surface area contributed by atoms with Crippen LogP contribution in [0.4, 0.5) is 0 Å². The van der Waals surface area contributed by atoms with Crippen molar-refractivity contribution in [2.75, 3.05) is 0 Å². The van der Waals surface area contributed by atoms with Gasteiger partial charge >= 0.3 is 5.97 Å². The maximum absolute atomic E-state index is 11.6. The first-order valence-corrected chi connectivity index (χ1v) is 7.95. The van der Waals surface area contributed by atoms with Crippen LogP contribution in [0.3, 0.4) is 0 Å². The van der Waals surface area contributed by atoms with Gasteiger partial charge in [-0.2, -0.15) is 0 Å². The Balaban J connectivity index is 2.78. The molecule has 0 aromatic carbocycles. The summed E-state index contributed by atoms with van der Waals surface area (Å²) in [6.45, 7) is 6.43. The van der Waals surface area contributed by atoms with Crippen LogP contribution in [0.2, 0.25) is 0 Å². The van der Waals surface area contributed by atoms with Crippen molar-refractivity contribution in [1.29, 1.82) is 0 Å². The van der Waals surface area contributed by atoms with E-state index in [1.54, 1.807) is 0 Å². The van der Waals surface area contributed by atoms with E-state index in [0.717, 1.165) is 36.8 Å². The van der Waals surface area contributed by atoms with E-state index in [1.807, 2.05) is 6.92 Å². The van der Waals surface area contributed by atoms with E-state index < -0.39 is 5.97 Å². The van der Waals surface area contributed by atoms with Gasteiger partial charge in [0.05, 0.1) is 0 Å². The Labute approximate surface area is 118 Å². The van der Waals surface area contributed by atoms with Crippen LogP contribution in [0.15, 0.2) is 11.1 Å². The summed E-state index contributed by atoms with van der Waals surface area (Å²) in [5.41, 5.74) is 1.86. The molecule has 0 unspecified atom stereocenters. The molecule has 0 saturated heterocycles. The second-order valence-corrected chi connectivity index (χ2v) is 6.47.